The van der Waals surface area contributed by atoms with Gasteiger partial charge >= 0.3 is 11.9 Å². The first-order valence-corrected chi connectivity index (χ1v) is 22.4. The maximum Gasteiger partial charge on any atom is 0.306 e. The van der Waals surface area contributed by atoms with E-state index in [9.17, 15) is 30.0 Å². The zero-order valence-corrected chi connectivity index (χ0v) is 35.6. The lowest BCUT2D eigenvalue weighted by molar-refractivity contribution is -0.305. The molecule has 4 N–H and O–H groups in total. The molecule has 10 nitrogen and oxygen atoms in total. The van der Waals surface area contributed by atoms with Crippen molar-refractivity contribution in [1.29, 1.82) is 0 Å². The van der Waals surface area contributed by atoms with Gasteiger partial charge in [-0.2, -0.15) is 0 Å². The van der Waals surface area contributed by atoms with Crippen LogP contribution < -0.4 is 0 Å². The van der Waals surface area contributed by atoms with Crippen molar-refractivity contribution in [3.63, 3.8) is 0 Å². The van der Waals surface area contributed by atoms with Crippen LogP contribution in [0.1, 0.15) is 168 Å². The molecule has 0 aromatic rings. The SMILES string of the molecule is CC/C=C/C/C=C/C/C=C/C/C=C/CCCCC(=O)O[C@@H](COC(=O)CCCCCCCCC/C=C/CCCCCCCC)CO[C@H]1O[C@@H](CO)[C@@H](O)C(O)C1O. The molecule has 1 aliphatic rings. The van der Waals surface area contributed by atoms with Crippen molar-refractivity contribution in [2.45, 2.75) is 205 Å². The van der Waals surface area contributed by atoms with Gasteiger partial charge in [0.05, 0.1) is 13.2 Å². The van der Waals surface area contributed by atoms with Gasteiger partial charge in [-0.05, 0) is 77.0 Å². The van der Waals surface area contributed by atoms with Gasteiger partial charge in [0.15, 0.2) is 12.4 Å². The maximum absolute atomic E-state index is 12.7. The van der Waals surface area contributed by atoms with E-state index in [4.69, 9.17) is 18.9 Å². The van der Waals surface area contributed by atoms with Crippen LogP contribution in [0, 0.1) is 0 Å². The van der Waals surface area contributed by atoms with Crippen LogP contribution in [0.3, 0.4) is 0 Å². The summed E-state index contributed by atoms with van der Waals surface area (Å²) in [7, 11) is 0. The molecule has 1 fully saturated rings. The van der Waals surface area contributed by atoms with Gasteiger partial charge in [-0.15, -0.1) is 0 Å². The number of carbonyl (C=O) groups is 2. The van der Waals surface area contributed by atoms with E-state index in [1.165, 1.54) is 64.2 Å². The second-order valence-electron chi connectivity index (χ2n) is 15.1. The number of aliphatic hydroxyl groups excluding tert-OH is 4. The molecule has 0 aromatic carbocycles. The lowest BCUT2D eigenvalue weighted by Crippen LogP contribution is -2.59. The Morgan fingerprint density at radius 3 is 1.61 bits per heavy atom. The third-order valence-corrected chi connectivity index (χ3v) is 9.89. The van der Waals surface area contributed by atoms with E-state index in [1.54, 1.807) is 0 Å². The molecule has 0 bridgehead atoms. The molecule has 1 heterocycles. The van der Waals surface area contributed by atoms with E-state index in [0.717, 1.165) is 64.2 Å². The molecule has 1 rings (SSSR count). The third-order valence-electron chi connectivity index (χ3n) is 9.89. The Kier molecular flexibility index (Phi) is 34.6. The Hall–Kier alpha value is -2.60. The molecular formula is C47H80O10. The van der Waals surface area contributed by atoms with Crippen molar-refractivity contribution in [3.8, 4) is 0 Å². The monoisotopic (exact) mass is 805 g/mol. The Morgan fingerprint density at radius 1 is 0.561 bits per heavy atom. The third kappa shape index (κ3) is 29.3. The molecule has 10 heteroatoms. The van der Waals surface area contributed by atoms with Crippen LogP contribution in [-0.4, -0.2) is 89.0 Å². The smallest absolute Gasteiger partial charge is 0.306 e. The number of aliphatic hydroxyl groups is 4. The topological polar surface area (TPSA) is 152 Å². The number of hydrogen-bond donors (Lipinski definition) is 4. The number of ether oxygens (including phenoxy) is 4. The van der Waals surface area contributed by atoms with Gasteiger partial charge in [0.2, 0.25) is 0 Å². The maximum atomic E-state index is 12.7. The molecule has 1 saturated heterocycles. The normalized spacial score (nSPS) is 20.8. The van der Waals surface area contributed by atoms with Gasteiger partial charge < -0.3 is 39.4 Å². The molecule has 0 aromatic heterocycles. The minimum atomic E-state index is -1.60. The summed E-state index contributed by atoms with van der Waals surface area (Å²) in [5.74, 6) is -0.864. The molecule has 57 heavy (non-hydrogen) atoms. The minimum absolute atomic E-state index is 0.175. The first-order chi connectivity index (χ1) is 27.8. The Morgan fingerprint density at radius 2 is 1.04 bits per heavy atom. The van der Waals surface area contributed by atoms with Gasteiger partial charge in [0.1, 0.15) is 31.0 Å². The summed E-state index contributed by atoms with van der Waals surface area (Å²) in [6, 6.07) is 0. The zero-order valence-electron chi connectivity index (χ0n) is 35.6. The summed E-state index contributed by atoms with van der Waals surface area (Å²) in [6.07, 6.45) is 38.0. The molecule has 0 radical (unpaired) electrons. The van der Waals surface area contributed by atoms with Crippen molar-refractivity contribution in [1.82, 2.24) is 0 Å². The van der Waals surface area contributed by atoms with Crippen LogP contribution in [-0.2, 0) is 28.5 Å². The summed E-state index contributed by atoms with van der Waals surface area (Å²) in [5.41, 5.74) is 0. The summed E-state index contributed by atoms with van der Waals surface area (Å²) in [4.78, 5) is 25.3. The van der Waals surface area contributed by atoms with Crippen LogP contribution >= 0.6 is 0 Å². The highest BCUT2D eigenvalue weighted by Crippen LogP contribution is 2.22. The predicted molar refractivity (Wildman–Crippen MR) is 228 cm³/mol. The van der Waals surface area contributed by atoms with Gasteiger partial charge in [0, 0.05) is 12.8 Å². The van der Waals surface area contributed by atoms with Crippen LogP contribution in [0.25, 0.3) is 0 Å². The van der Waals surface area contributed by atoms with E-state index in [0.29, 0.717) is 12.8 Å². The van der Waals surface area contributed by atoms with Crippen molar-refractivity contribution in [3.05, 3.63) is 60.8 Å². The van der Waals surface area contributed by atoms with Crippen molar-refractivity contribution >= 4 is 11.9 Å². The van der Waals surface area contributed by atoms with Crippen LogP contribution in [0.4, 0.5) is 0 Å². The number of rotatable bonds is 36. The fourth-order valence-corrected chi connectivity index (χ4v) is 6.35. The van der Waals surface area contributed by atoms with Crippen molar-refractivity contribution in [2.75, 3.05) is 19.8 Å². The number of esters is 2. The zero-order chi connectivity index (χ0) is 41.6. The fraction of sp³-hybridized carbons (Fsp3) is 0.745. The van der Waals surface area contributed by atoms with Crippen LogP contribution in [0.5, 0.6) is 0 Å². The second-order valence-corrected chi connectivity index (χ2v) is 15.1. The van der Waals surface area contributed by atoms with Crippen molar-refractivity contribution < 1.29 is 49.0 Å². The van der Waals surface area contributed by atoms with Gasteiger partial charge in [-0.1, -0.05) is 139 Å². The van der Waals surface area contributed by atoms with Crippen LogP contribution in [0.15, 0.2) is 60.8 Å². The molecule has 1 aliphatic heterocycles. The molecule has 0 amide bonds. The lowest BCUT2D eigenvalue weighted by Gasteiger charge is -2.39. The highest BCUT2D eigenvalue weighted by atomic mass is 16.7. The van der Waals surface area contributed by atoms with E-state index in [1.807, 2.05) is 0 Å². The Balaban J connectivity index is 2.36. The van der Waals surface area contributed by atoms with E-state index >= 15 is 0 Å². The molecule has 328 valence electrons. The average Bonchev–Trinajstić information content (AvgIpc) is 3.21. The Bertz CT molecular complexity index is 1110. The summed E-state index contributed by atoms with van der Waals surface area (Å²) < 4.78 is 22.1. The Labute approximate surface area is 345 Å². The van der Waals surface area contributed by atoms with Gasteiger partial charge in [0.25, 0.3) is 0 Å². The molecule has 0 saturated carbocycles. The molecule has 0 aliphatic carbocycles. The predicted octanol–water partition coefficient (Wildman–Crippen LogP) is 9.44. The quantitative estimate of drug-likeness (QED) is 0.0274. The lowest BCUT2D eigenvalue weighted by atomic mass is 9.99. The largest absolute Gasteiger partial charge is 0.462 e. The highest BCUT2D eigenvalue weighted by Gasteiger charge is 2.44. The van der Waals surface area contributed by atoms with Gasteiger partial charge in [-0.3, -0.25) is 9.59 Å². The van der Waals surface area contributed by atoms with E-state index in [-0.39, 0.29) is 26.1 Å². The highest BCUT2D eigenvalue weighted by molar-refractivity contribution is 5.70. The number of unbranched alkanes of at least 4 members (excludes halogenated alkanes) is 15. The van der Waals surface area contributed by atoms with Crippen molar-refractivity contribution in [2.24, 2.45) is 0 Å². The number of carbonyl (C=O) groups excluding carboxylic acids is 2. The first-order valence-electron chi connectivity index (χ1n) is 22.4. The minimum Gasteiger partial charge on any atom is -0.462 e. The second kappa shape index (κ2) is 37.7. The van der Waals surface area contributed by atoms with E-state index < -0.39 is 55.4 Å². The van der Waals surface area contributed by atoms with E-state index in [2.05, 4.69) is 74.6 Å². The molecule has 6 atom stereocenters. The van der Waals surface area contributed by atoms with Gasteiger partial charge in [-0.25, -0.2) is 0 Å². The summed E-state index contributed by atoms with van der Waals surface area (Å²) in [5, 5.41) is 40.0. The molecular weight excluding hydrogens is 725 g/mol. The molecule has 2 unspecified atom stereocenters. The molecule has 0 spiro atoms. The summed E-state index contributed by atoms with van der Waals surface area (Å²) in [6.45, 7) is 3.25. The fourth-order valence-electron chi connectivity index (χ4n) is 6.35. The summed E-state index contributed by atoms with van der Waals surface area (Å²) >= 11 is 0. The number of allylic oxidation sites excluding steroid dienone is 10. The average molecular weight is 805 g/mol. The standard InChI is InChI=1S/C47H80O10/c1-3-5-7-9-11-13-15-17-19-20-22-23-25-27-29-31-33-35-42(49)54-38-40(39-55-47-46(53)45(52)44(51)41(37-48)57-47)56-43(50)36-34-32-30-28-26-24-21-18-16-14-12-10-8-6-4-2/h6,8,12,14,17-19,21,26,28,40-41,44-48,51-53H,3-5,7,9-11,13,15-16,20,22-25,27,29-39H2,1-2H3/b8-6+,14-12+,19-17+,21-18+,28-26+/t40-,41-,44+,45?,46?,47-/m0/s1. The number of hydrogen-bond acceptors (Lipinski definition) is 10. The first kappa shape index (κ1) is 52.4. The van der Waals surface area contributed by atoms with Crippen LogP contribution in [0.2, 0.25) is 0 Å².